The Morgan fingerprint density at radius 3 is 2.24 bits per heavy atom. The van der Waals surface area contributed by atoms with Gasteiger partial charge in [0, 0.05) is 24.5 Å². The lowest BCUT2D eigenvalue weighted by atomic mass is 9.63. The van der Waals surface area contributed by atoms with Crippen LogP contribution in [0.2, 0.25) is 0 Å². The number of urea groups is 1. The van der Waals surface area contributed by atoms with Crippen molar-refractivity contribution in [1.82, 2.24) is 0 Å². The van der Waals surface area contributed by atoms with Gasteiger partial charge in [-0.1, -0.05) is 92.7 Å². The average Bonchev–Trinajstić information content (AvgIpc) is 3.33. The van der Waals surface area contributed by atoms with Crippen LogP contribution >= 0.6 is 0 Å². The molecule has 3 heteroatoms. The van der Waals surface area contributed by atoms with Gasteiger partial charge >= 0.3 is 6.03 Å². The summed E-state index contributed by atoms with van der Waals surface area (Å²) in [6, 6.07) is 36.7. The molecular weight excluding hydrogens is 464 g/mol. The lowest BCUT2D eigenvalue weighted by molar-refractivity contribution is 0.256. The Hall–Kier alpha value is -4.11. The molecule has 1 aliphatic heterocycles. The maximum atomic E-state index is 13.4. The highest BCUT2D eigenvalue weighted by molar-refractivity contribution is 6.09. The molecule has 1 aliphatic carbocycles. The molecular formula is C35H32N2O. The lowest BCUT2D eigenvalue weighted by Crippen LogP contribution is -2.33. The van der Waals surface area contributed by atoms with Gasteiger partial charge in [0.05, 0.1) is 0 Å². The molecule has 188 valence electrons. The third-order valence-corrected chi connectivity index (χ3v) is 8.80. The van der Waals surface area contributed by atoms with Gasteiger partial charge in [0.25, 0.3) is 0 Å². The normalized spacial score (nSPS) is 18.8. The number of rotatable bonds is 3. The third kappa shape index (κ3) is 3.68. The molecule has 2 aliphatic rings. The SMILES string of the molecule is CC1(C)Cc2c(ccc3c2ccc2ccccc23)CC1c1cccc(N2CCN(c3ccccc3)C2=O)c1. The van der Waals surface area contributed by atoms with Crippen LogP contribution in [0.4, 0.5) is 16.2 Å². The molecule has 1 heterocycles. The monoisotopic (exact) mass is 496 g/mol. The standard InChI is InChI=1S/C35H32N2O/c1-35(2)23-32-25(16-18-30-29-14-7-6-9-24(29)15-17-31(30)32)22-33(35)26-10-8-13-28(21-26)37-20-19-36(34(37)38)27-11-4-3-5-12-27/h3-18,21,33H,19-20,22-23H2,1-2H3. The first-order valence-corrected chi connectivity index (χ1v) is 13.7. The van der Waals surface area contributed by atoms with Crippen LogP contribution in [-0.2, 0) is 12.8 Å². The van der Waals surface area contributed by atoms with E-state index in [2.05, 4.69) is 86.6 Å². The van der Waals surface area contributed by atoms with Crippen molar-refractivity contribution >= 4 is 39.0 Å². The van der Waals surface area contributed by atoms with Gasteiger partial charge in [0.15, 0.2) is 0 Å². The molecule has 1 atom stereocenters. The molecule has 0 spiro atoms. The number of hydrogen-bond donors (Lipinski definition) is 0. The molecule has 1 fully saturated rings. The zero-order valence-electron chi connectivity index (χ0n) is 22.0. The fourth-order valence-corrected chi connectivity index (χ4v) is 6.77. The summed E-state index contributed by atoms with van der Waals surface area (Å²) in [5.41, 5.74) is 6.33. The van der Waals surface area contributed by atoms with E-state index < -0.39 is 0 Å². The molecule has 0 aromatic heterocycles. The first kappa shape index (κ1) is 23.0. The summed E-state index contributed by atoms with van der Waals surface area (Å²) >= 11 is 0. The van der Waals surface area contributed by atoms with Crippen LogP contribution in [0.5, 0.6) is 0 Å². The van der Waals surface area contributed by atoms with E-state index in [1.54, 1.807) is 0 Å². The molecule has 0 radical (unpaired) electrons. The van der Waals surface area contributed by atoms with Crippen LogP contribution in [-0.4, -0.2) is 19.1 Å². The van der Waals surface area contributed by atoms with E-state index in [1.165, 1.54) is 38.2 Å². The summed E-state index contributed by atoms with van der Waals surface area (Å²) in [6.45, 7) is 6.22. The average molecular weight is 497 g/mol. The van der Waals surface area contributed by atoms with Gasteiger partial charge in [-0.2, -0.15) is 0 Å². The Morgan fingerprint density at radius 2 is 1.39 bits per heavy atom. The zero-order valence-corrected chi connectivity index (χ0v) is 22.0. The Bertz CT molecular complexity index is 1690. The van der Waals surface area contributed by atoms with E-state index >= 15 is 0 Å². The van der Waals surface area contributed by atoms with Crippen molar-refractivity contribution < 1.29 is 4.79 Å². The predicted molar refractivity (Wildman–Crippen MR) is 158 cm³/mol. The first-order chi connectivity index (χ1) is 18.5. The van der Waals surface area contributed by atoms with Crippen molar-refractivity contribution in [2.24, 2.45) is 5.41 Å². The summed E-state index contributed by atoms with van der Waals surface area (Å²) in [6.07, 6.45) is 2.05. The minimum absolute atomic E-state index is 0.0558. The first-order valence-electron chi connectivity index (χ1n) is 13.7. The number of carbonyl (C=O) groups is 1. The number of nitrogens with zero attached hydrogens (tertiary/aromatic N) is 2. The molecule has 0 bridgehead atoms. The Kier molecular flexibility index (Phi) is 5.29. The molecule has 5 aromatic rings. The summed E-state index contributed by atoms with van der Waals surface area (Å²) in [4.78, 5) is 17.2. The molecule has 1 saturated heterocycles. The van der Waals surface area contributed by atoms with Gasteiger partial charge in [0.2, 0.25) is 0 Å². The Labute approximate surface area is 224 Å². The lowest BCUT2D eigenvalue weighted by Gasteiger charge is -2.41. The van der Waals surface area contributed by atoms with E-state index in [-0.39, 0.29) is 11.4 Å². The molecule has 38 heavy (non-hydrogen) atoms. The highest BCUT2D eigenvalue weighted by Gasteiger charge is 2.37. The Balaban J connectivity index is 1.22. The quantitative estimate of drug-likeness (QED) is 0.230. The van der Waals surface area contributed by atoms with Gasteiger partial charge in [-0.25, -0.2) is 4.79 Å². The van der Waals surface area contributed by atoms with E-state index in [9.17, 15) is 4.79 Å². The van der Waals surface area contributed by atoms with Crippen LogP contribution < -0.4 is 9.80 Å². The smallest absolute Gasteiger partial charge is 0.292 e. The fourth-order valence-electron chi connectivity index (χ4n) is 6.77. The summed E-state index contributed by atoms with van der Waals surface area (Å²) in [5.74, 6) is 0.385. The zero-order chi connectivity index (χ0) is 25.9. The second kappa shape index (κ2) is 8.73. The van der Waals surface area contributed by atoms with Gasteiger partial charge in [0.1, 0.15) is 0 Å². The van der Waals surface area contributed by atoms with Crippen molar-refractivity contribution in [3.05, 3.63) is 120 Å². The number of fused-ring (bicyclic) bond motifs is 5. The van der Waals surface area contributed by atoms with E-state index in [0.717, 1.165) is 24.2 Å². The molecule has 1 unspecified atom stereocenters. The van der Waals surface area contributed by atoms with Crippen LogP contribution in [0.25, 0.3) is 21.5 Å². The molecule has 5 aromatic carbocycles. The molecule has 0 saturated carbocycles. The van der Waals surface area contributed by atoms with Crippen molar-refractivity contribution in [3.8, 4) is 0 Å². The van der Waals surface area contributed by atoms with Crippen molar-refractivity contribution in [1.29, 1.82) is 0 Å². The van der Waals surface area contributed by atoms with E-state index in [4.69, 9.17) is 0 Å². The minimum atomic E-state index is 0.0558. The van der Waals surface area contributed by atoms with Crippen LogP contribution in [0.15, 0.2) is 103 Å². The van der Waals surface area contributed by atoms with Crippen LogP contribution in [0, 0.1) is 5.41 Å². The van der Waals surface area contributed by atoms with E-state index in [1.807, 2.05) is 40.1 Å². The van der Waals surface area contributed by atoms with Gasteiger partial charge in [-0.3, -0.25) is 9.80 Å². The molecule has 3 nitrogen and oxygen atoms in total. The minimum Gasteiger partial charge on any atom is -0.292 e. The maximum absolute atomic E-state index is 13.4. The second-order valence-corrected chi connectivity index (χ2v) is 11.5. The molecule has 7 rings (SSSR count). The number of benzene rings is 5. The highest BCUT2D eigenvalue weighted by Crippen LogP contribution is 2.48. The number of carbonyl (C=O) groups excluding carboxylic acids is 1. The highest BCUT2D eigenvalue weighted by atomic mass is 16.2. The van der Waals surface area contributed by atoms with Crippen molar-refractivity contribution in [2.45, 2.75) is 32.6 Å². The van der Waals surface area contributed by atoms with E-state index in [0.29, 0.717) is 19.0 Å². The molecule has 2 amide bonds. The van der Waals surface area contributed by atoms with Crippen molar-refractivity contribution in [3.63, 3.8) is 0 Å². The largest absolute Gasteiger partial charge is 0.329 e. The van der Waals surface area contributed by atoms with Crippen molar-refractivity contribution in [2.75, 3.05) is 22.9 Å². The summed E-state index contributed by atoms with van der Waals surface area (Å²) < 4.78 is 0. The second-order valence-electron chi connectivity index (χ2n) is 11.5. The fraction of sp³-hybridized carbons (Fsp3) is 0.229. The topological polar surface area (TPSA) is 23.6 Å². The number of anilines is 2. The maximum Gasteiger partial charge on any atom is 0.329 e. The van der Waals surface area contributed by atoms with Crippen LogP contribution in [0.3, 0.4) is 0 Å². The van der Waals surface area contributed by atoms with Crippen LogP contribution in [0.1, 0.15) is 36.5 Å². The third-order valence-electron chi connectivity index (χ3n) is 8.80. The predicted octanol–water partition coefficient (Wildman–Crippen LogP) is 8.35. The number of hydrogen-bond acceptors (Lipinski definition) is 1. The summed E-state index contributed by atoms with van der Waals surface area (Å²) in [7, 11) is 0. The number of para-hydroxylation sites is 1. The number of amides is 2. The summed E-state index contributed by atoms with van der Waals surface area (Å²) in [5, 5.41) is 5.38. The van der Waals surface area contributed by atoms with Gasteiger partial charge in [-0.15, -0.1) is 0 Å². The van der Waals surface area contributed by atoms with Gasteiger partial charge < -0.3 is 0 Å². The molecule has 0 N–H and O–H groups in total. The Morgan fingerprint density at radius 1 is 0.684 bits per heavy atom. The van der Waals surface area contributed by atoms with Gasteiger partial charge in [-0.05, 0) is 86.7 Å².